The Kier molecular flexibility index (Phi) is 4.59. The van der Waals surface area contributed by atoms with Crippen molar-refractivity contribution in [1.82, 2.24) is 10.2 Å². The molecule has 1 heterocycles. The van der Waals surface area contributed by atoms with Crippen LogP contribution in [0.4, 0.5) is 5.69 Å². The van der Waals surface area contributed by atoms with Gasteiger partial charge in [-0.3, -0.25) is 15.0 Å². The molecule has 0 radical (unpaired) electrons. The molecule has 1 saturated heterocycles. The Balaban J connectivity index is 2.49. The summed E-state index contributed by atoms with van der Waals surface area (Å²) in [5.74, 6) is -0.246. The van der Waals surface area contributed by atoms with E-state index >= 15 is 0 Å². The maximum atomic E-state index is 11.2. The monoisotopic (exact) mass is 297 g/mol. The molecule has 2 N–H and O–H groups in total. The predicted octanol–water partition coefficient (Wildman–Crippen LogP) is 2.09. The van der Waals surface area contributed by atoms with Gasteiger partial charge in [-0.25, -0.2) is 0 Å². The van der Waals surface area contributed by atoms with E-state index in [9.17, 15) is 15.2 Å². The van der Waals surface area contributed by atoms with Gasteiger partial charge in [-0.05, 0) is 6.07 Å². The Bertz CT molecular complexity index is 530. The zero-order chi connectivity index (χ0) is 14.7. The molecule has 0 aromatic heterocycles. The Labute approximate surface area is 121 Å². The van der Waals surface area contributed by atoms with E-state index < -0.39 is 11.0 Å². The molecule has 0 aliphatic carbocycles. The van der Waals surface area contributed by atoms with Gasteiger partial charge in [-0.1, -0.05) is 17.7 Å². The summed E-state index contributed by atoms with van der Waals surface area (Å²) >= 11 is 5.89. The third-order valence-electron chi connectivity index (χ3n) is 3.41. The molecular formula is C13H16ClN3O3. The van der Waals surface area contributed by atoms with Crippen LogP contribution in [0, 0.1) is 10.1 Å². The molecule has 0 unspecified atom stereocenters. The van der Waals surface area contributed by atoms with Gasteiger partial charge in [0.1, 0.15) is 5.75 Å². The first kappa shape index (κ1) is 14.8. The second-order valence-electron chi connectivity index (χ2n) is 4.55. The molecule has 20 heavy (non-hydrogen) atoms. The zero-order valence-corrected chi connectivity index (χ0v) is 11.6. The van der Waals surface area contributed by atoms with Crippen LogP contribution >= 0.6 is 11.6 Å². The van der Waals surface area contributed by atoms with E-state index in [4.69, 9.17) is 11.6 Å². The molecule has 6 nitrogen and oxygen atoms in total. The summed E-state index contributed by atoms with van der Waals surface area (Å²) < 4.78 is 0. The number of aromatic hydroxyl groups is 1. The van der Waals surface area contributed by atoms with E-state index in [2.05, 4.69) is 11.9 Å². The third-order valence-corrected chi connectivity index (χ3v) is 3.71. The lowest BCUT2D eigenvalue weighted by atomic mass is 10.0. The number of hydrogen-bond donors (Lipinski definition) is 2. The highest BCUT2D eigenvalue weighted by molar-refractivity contribution is 6.32. The predicted molar refractivity (Wildman–Crippen MR) is 77.2 cm³/mol. The minimum absolute atomic E-state index is 0.104. The molecule has 1 fully saturated rings. The van der Waals surface area contributed by atoms with Gasteiger partial charge >= 0.3 is 0 Å². The van der Waals surface area contributed by atoms with Crippen LogP contribution in [0.1, 0.15) is 11.6 Å². The fourth-order valence-electron chi connectivity index (χ4n) is 2.43. The number of nitrogens with one attached hydrogen (secondary N) is 1. The molecule has 0 amide bonds. The lowest BCUT2D eigenvalue weighted by Crippen LogP contribution is -2.44. The number of benzene rings is 1. The quantitative estimate of drug-likeness (QED) is 0.505. The van der Waals surface area contributed by atoms with E-state index in [1.807, 2.05) is 4.90 Å². The van der Waals surface area contributed by atoms with Crippen molar-refractivity contribution < 1.29 is 10.0 Å². The van der Waals surface area contributed by atoms with Crippen molar-refractivity contribution >= 4 is 17.3 Å². The van der Waals surface area contributed by atoms with Crippen molar-refractivity contribution in [2.75, 3.05) is 26.2 Å². The van der Waals surface area contributed by atoms with Crippen LogP contribution in [0.5, 0.6) is 5.75 Å². The van der Waals surface area contributed by atoms with Crippen molar-refractivity contribution in [1.29, 1.82) is 0 Å². The summed E-state index contributed by atoms with van der Waals surface area (Å²) in [5.41, 5.74) is 0.0646. The number of phenols is 1. The number of nitrogens with zero attached hydrogens (tertiary/aromatic N) is 2. The van der Waals surface area contributed by atoms with Crippen molar-refractivity contribution in [3.63, 3.8) is 0 Å². The minimum Gasteiger partial charge on any atom is -0.506 e. The Morgan fingerprint density at radius 1 is 1.50 bits per heavy atom. The second kappa shape index (κ2) is 6.21. The Morgan fingerprint density at radius 3 is 2.70 bits per heavy atom. The zero-order valence-electron chi connectivity index (χ0n) is 10.9. The molecule has 0 bridgehead atoms. The number of nitro groups is 1. The molecule has 1 atom stereocenters. The second-order valence-corrected chi connectivity index (χ2v) is 4.96. The SMILES string of the molecule is C=C[C@@H](c1c([N+](=O)[O-])ccc(Cl)c1O)N1CCNCC1. The van der Waals surface area contributed by atoms with Gasteiger partial charge in [-0.15, -0.1) is 6.58 Å². The van der Waals surface area contributed by atoms with E-state index in [1.54, 1.807) is 6.08 Å². The van der Waals surface area contributed by atoms with Gasteiger partial charge in [0.2, 0.25) is 0 Å². The first-order valence-corrected chi connectivity index (χ1v) is 6.67. The van der Waals surface area contributed by atoms with Crippen molar-refractivity contribution in [3.8, 4) is 5.75 Å². The minimum atomic E-state index is -0.510. The smallest absolute Gasteiger partial charge is 0.278 e. The lowest BCUT2D eigenvalue weighted by Gasteiger charge is -2.33. The van der Waals surface area contributed by atoms with Gasteiger partial charge in [0, 0.05) is 32.2 Å². The van der Waals surface area contributed by atoms with Gasteiger partial charge in [0.25, 0.3) is 5.69 Å². The lowest BCUT2D eigenvalue weighted by molar-refractivity contribution is -0.386. The first-order valence-electron chi connectivity index (χ1n) is 6.29. The van der Waals surface area contributed by atoms with E-state index in [0.717, 1.165) is 26.2 Å². The van der Waals surface area contributed by atoms with Crippen molar-refractivity contribution in [2.45, 2.75) is 6.04 Å². The van der Waals surface area contributed by atoms with E-state index in [-0.39, 0.29) is 22.0 Å². The van der Waals surface area contributed by atoms with Gasteiger partial charge < -0.3 is 10.4 Å². The topological polar surface area (TPSA) is 78.6 Å². The molecule has 108 valence electrons. The fourth-order valence-corrected chi connectivity index (χ4v) is 2.60. The number of nitro benzene ring substituents is 1. The summed E-state index contributed by atoms with van der Waals surface area (Å²) in [7, 11) is 0. The van der Waals surface area contributed by atoms with Crippen LogP contribution in [0.2, 0.25) is 5.02 Å². The number of hydrogen-bond acceptors (Lipinski definition) is 5. The first-order chi connectivity index (χ1) is 9.56. The van der Waals surface area contributed by atoms with Crippen LogP contribution in [0.3, 0.4) is 0 Å². The van der Waals surface area contributed by atoms with Crippen LogP contribution < -0.4 is 5.32 Å². The van der Waals surface area contributed by atoms with Gasteiger partial charge in [-0.2, -0.15) is 0 Å². The molecule has 1 aliphatic rings. The van der Waals surface area contributed by atoms with Crippen LogP contribution in [0.15, 0.2) is 24.8 Å². The average Bonchev–Trinajstić information content (AvgIpc) is 2.45. The molecule has 1 aromatic rings. The van der Waals surface area contributed by atoms with E-state index in [1.165, 1.54) is 12.1 Å². The van der Waals surface area contributed by atoms with E-state index in [0.29, 0.717) is 0 Å². The normalized spacial score (nSPS) is 17.6. The average molecular weight is 298 g/mol. The number of piperazine rings is 1. The summed E-state index contributed by atoms with van der Waals surface area (Å²) in [4.78, 5) is 12.7. The van der Waals surface area contributed by atoms with Gasteiger partial charge in [0.15, 0.2) is 0 Å². The molecular weight excluding hydrogens is 282 g/mol. The summed E-state index contributed by atoms with van der Waals surface area (Å²) in [6.45, 7) is 6.77. The summed E-state index contributed by atoms with van der Waals surface area (Å²) in [6, 6.07) is 2.21. The molecule has 2 rings (SSSR count). The molecule has 7 heteroatoms. The number of phenolic OH excluding ortho intramolecular Hbond substituents is 1. The van der Waals surface area contributed by atoms with Crippen LogP contribution in [-0.2, 0) is 0 Å². The molecule has 1 aliphatic heterocycles. The van der Waals surface area contributed by atoms with Crippen LogP contribution in [0.25, 0.3) is 0 Å². The highest BCUT2D eigenvalue weighted by Gasteiger charge is 2.30. The fraction of sp³-hybridized carbons (Fsp3) is 0.385. The standard InChI is InChI=1S/C13H16ClN3O3/c1-2-10(16-7-5-15-6-8-16)12-11(17(19)20)4-3-9(14)13(12)18/h2-4,10,15,18H,1,5-8H2/t10-/m0/s1. The maximum Gasteiger partial charge on any atom is 0.278 e. The Hall–Kier alpha value is -1.63. The summed E-state index contributed by atoms with van der Waals surface area (Å²) in [5, 5.41) is 24.6. The molecule has 0 spiro atoms. The van der Waals surface area contributed by atoms with Crippen LogP contribution in [-0.4, -0.2) is 41.1 Å². The van der Waals surface area contributed by atoms with Crippen molar-refractivity contribution in [3.05, 3.63) is 45.5 Å². The molecule has 0 saturated carbocycles. The molecule has 1 aromatic carbocycles. The highest BCUT2D eigenvalue weighted by atomic mass is 35.5. The number of rotatable bonds is 4. The Morgan fingerprint density at radius 2 is 2.15 bits per heavy atom. The third kappa shape index (κ3) is 2.77. The highest BCUT2D eigenvalue weighted by Crippen LogP contribution is 2.41. The summed E-state index contributed by atoms with van der Waals surface area (Å²) in [6.07, 6.45) is 1.60. The largest absolute Gasteiger partial charge is 0.506 e. The van der Waals surface area contributed by atoms with Crippen molar-refractivity contribution in [2.24, 2.45) is 0 Å². The maximum absolute atomic E-state index is 11.2. The number of halogens is 1. The van der Waals surface area contributed by atoms with Gasteiger partial charge in [0.05, 0.1) is 21.6 Å².